The van der Waals surface area contributed by atoms with Gasteiger partial charge in [0.2, 0.25) is 15.9 Å². The molecule has 2 aromatic rings. The molecule has 0 saturated carbocycles. The van der Waals surface area contributed by atoms with Gasteiger partial charge < -0.3 is 5.32 Å². The zero-order valence-corrected chi connectivity index (χ0v) is 18.9. The van der Waals surface area contributed by atoms with E-state index in [-0.39, 0.29) is 28.3 Å². The van der Waals surface area contributed by atoms with Gasteiger partial charge in [0, 0.05) is 19.3 Å². The van der Waals surface area contributed by atoms with E-state index in [9.17, 15) is 26.0 Å². The average Bonchev–Trinajstić information content (AvgIpc) is 2.73. The molecule has 168 valence electrons. The van der Waals surface area contributed by atoms with Crippen molar-refractivity contribution in [2.45, 2.75) is 35.6 Å². The van der Waals surface area contributed by atoms with Crippen molar-refractivity contribution in [3.63, 3.8) is 0 Å². The van der Waals surface area contributed by atoms with E-state index in [4.69, 9.17) is 0 Å². The molecular weight excluding hydrogens is 443 g/mol. The zero-order chi connectivity index (χ0) is 22.8. The van der Waals surface area contributed by atoms with Crippen molar-refractivity contribution < 1.29 is 26.0 Å². The lowest BCUT2D eigenvalue weighted by atomic mass is 9.98. The second-order valence-electron chi connectivity index (χ2n) is 7.73. The molecule has 1 aliphatic heterocycles. The summed E-state index contributed by atoms with van der Waals surface area (Å²) in [4.78, 5) is 13.0. The van der Waals surface area contributed by atoms with Gasteiger partial charge in [-0.25, -0.2) is 21.2 Å². The minimum Gasteiger partial charge on any atom is -0.349 e. The first kappa shape index (κ1) is 23.4. The number of hydrogen-bond donors (Lipinski definition) is 1. The number of sulfonamides is 1. The van der Waals surface area contributed by atoms with Crippen LogP contribution in [0.5, 0.6) is 0 Å². The first-order chi connectivity index (χ1) is 14.5. The molecule has 7 nitrogen and oxygen atoms in total. The largest absolute Gasteiger partial charge is 0.349 e. The third-order valence-corrected chi connectivity index (χ3v) is 8.38. The van der Waals surface area contributed by atoms with E-state index in [2.05, 4.69) is 5.32 Å². The maximum absolute atomic E-state index is 13.1. The van der Waals surface area contributed by atoms with Crippen LogP contribution >= 0.6 is 0 Å². The maximum atomic E-state index is 13.1. The third-order valence-electron chi connectivity index (χ3n) is 5.37. The Labute approximate surface area is 182 Å². The van der Waals surface area contributed by atoms with Crippen LogP contribution in [0.15, 0.2) is 58.3 Å². The van der Waals surface area contributed by atoms with E-state index >= 15 is 0 Å². The summed E-state index contributed by atoms with van der Waals surface area (Å²) in [7, 11) is -7.12. The Morgan fingerprint density at radius 2 is 1.61 bits per heavy atom. The average molecular weight is 469 g/mol. The molecule has 2 atom stereocenters. The number of piperidine rings is 1. The molecule has 1 heterocycles. The normalized spacial score (nSPS) is 19.0. The number of nitrogens with zero attached hydrogens (tertiary/aromatic N) is 1. The van der Waals surface area contributed by atoms with Gasteiger partial charge in [-0.3, -0.25) is 4.79 Å². The van der Waals surface area contributed by atoms with Crippen molar-refractivity contribution in [3.8, 4) is 0 Å². The van der Waals surface area contributed by atoms with Gasteiger partial charge in [-0.1, -0.05) is 12.1 Å². The fourth-order valence-corrected chi connectivity index (χ4v) is 5.70. The number of nitrogens with one attached hydrogen (secondary N) is 1. The van der Waals surface area contributed by atoms with Crippen LogP contribution in [0.25, 0.3) is 0 Å². The van der Waals surface area contributed by atoms with Crippen molar-refractivity contribution in [1.82, 2.24) is 9.62 Å². The number of amides is 1. The fourth-order valence-electron chi connectivity index (χ4n) is 3.55. The minimum atomic E-state index is -3.81. The first-order valence-corrected chi connectivity index (χ1v) is 13.2. The van der Waals surface area contributed by atoms with Crippen LogP contribution in [0.3, 0.4) is 0 Å². The number of benzene rings is 2. The number of hydrogen-bond acceptors (Lipinski definition) is 5. The minimum absolute atomic E-state index is 0.00528. The number of carbonyl (C=O) groups is 1. The number of sulfone groups is 1. The summed E-state index contributed by atoms with van der Waals surface area (Å²) in [6.07, 6.45) is 2.22. The molecule has 0 bridgehead atoms. The highest BCUT2D eigenvalue weighted by Gasteiger charge is 2.33. The van der Waals surface area contributed by atoms with E-state index in [1.807, 2.05) is 0 Å². The predicted molar refractivity (Wildman–Crippen MR) is 114 cm³/mol. The molecular formula is C21H25FN2O5S2. The monoisotopic (exact) mass is 468 g/mol. The lowest BCUT2D eigenvalue weighted by molar-refractivity contribution is -0.126. The van der Waals surface area contributed by atoms with Crippen molar-refractivity contribution >= 4 is 25.8 Å². The number of carbonyl (C=O) groups excluding carboxylic acids is 1. The maximum Gasteiger partial charge on any atom is 0.243 e. The van der Waals surface area contributed by atoms with Crippen molar-refractivity contribution in [2.24, 2.45) is 5.92 Å². The quantitative estimate of drug-likeness (QED) is 0.702. The van der Waals surface area contributed by atoms with Crippen LogP contribution in [0, 0.1) is 11.7 Å². The van der Waals surface area contributed by atoms with Crippen LogP contribution in [0.4, 0.5) is 4.39 Å². The summed E-state index contributed by atoms with van der Waals surface area (Å²) in [6, 6.07) is 10.5. The Morgan fingerprint density at radius 3 is 2.19 bits per heavy atom. The summed E-state index contributed by atoms with van der Waals surface area (Å²) in [5, 5.41) is 2.88. The summed E-state index contributed by atoms with van der Waals surface area (Å²) in [5.74, 6) is -1.30. The molecule has 0 unspecified atom stereocenters. The molecule has 0 radical (unpaired) electrons. The van der Waals surface area contributed by atoms with Gasteiger partial charge in [0.15, 0.2) is 9.84 Å². The molecule has 1 fully saturated rings. The van der Waals surface area contributed by atoms with Gasteiger partial charge in [0.25, 0.3) is 0 Å². The molecule has 1 N–H and O–H groups in total. The van der Waals surface area contributed by atoms with Crippen LogP contribution < -0.4 is 5.32 Å². The van der Waals surface area contributed by atoms with Gasteiger partial charge in [-0.2, -0.15) is 4.31 Å². The Bertz CT molecular complexity index is 1150. The van der Waals surface area contributed by atoms with Crippen molar-refractivity contribution in [2.75, 3.05) is 19.3 Å². The highest BCUT2D eigenvalue weighted by atomic mass is 32.2. The van der Waals surface area contributed by atoms with Crippen LogP contribution in [-0.4, -0.2) is 46.4 Å². The summed E-state index contributed by atoms with van der Waals surface area (Å²) >= 11 is 0. The molecule has 1 saturated heterocycles. The molecule has 3 rings (SSSR count). The molecule has 1 aliphatic rings. The Morgan fingerprint density at radius 1 is 1.03 bits per heavy atom. The topological polar surface area (TPSA) is 101 Å². The smallest absolute Gasteiger partial charge is 0.243 e. The van der Waals surface area contributed by atoms with Crippen molar-refractivity contribution in [3.05, 3.63) is 59.9 Å². The predicted octanol–water partition coefficient (Wildman–Crippen LogP) is 2.51. The van der Waals surface area contributed by atoms with Crippen LogP contribution in [0.2, 0.25) is 0 Å². The zero-order valence-electron chi connectivity index (χ0n) is 17.3. The molecule has 0 aliphatic carbocycles. The molecule has 0 aromatic heterocycles. The summed E-state index contributed by atoms with van der Waals surface area (Å²) in [6.45, 7) is 2.13. The summed E-state index contributed by atoms with van der Waals surface area (Å²) < 4.78 is 63.3. The van der Waals surface area contributed by atoms with Crippen LogP contribution in [0.1, 0.15) is 31.4 Å². The second kappa shape index (κ2) is 9.05. The van der Waals surface area contributed by atoms with Crippen LogP contribution in [-0.2, 0) is 24.7 Å². The molecule has 31 heavy (non-hydrogen) atoms. The van der Waals surface area contributed by atoms with E-state index in [1.54, 1.807) is 19.1 Å². The van der Waals surface area contributed by atoms with E-state index in [0.717, 1.165) is 24.0 Å². The third kappa shape index (κ3) is 5.50. The standard InChI is InChI=1S/C21H25FN2O5S2/c1-15(16-5-9-19(10-6-16)30(2,26)27)23-21(25)17-4-3-13-24(14-17)31(28,29)20-11-7-18(22)8-12-20/h5-12,15,17H,3-4,13-14H2,1-2H3,(H,23,25)/t15-,17-/m1/s1. The lowest BCUT2D eigenvalue weighted by Crippen LogP contribution is -2.45. The van der Waals surface area contributed by atoms with E-state index in [1.165, 1.54) is 28.6 Å². The number of rotatable bonds is 6. The van der Waals surface area contributed by atoms with Gasteiger partial charge >= 0.3 is 0 Å². The van der Waals surface area contributed by atoms with Gasteiger partial charge in [-0.05, 0) is 61.7 Å². The fraction of sp³-hybridized carbons (Fsp3) is 0.381. The summed E-state index contributed by atoms with van der Waals surface area (Å²) in [5.41, 5.74) is 0.743. The first-order valence-electron chi connectivity index (χ1n) is 9.84. The van der Waals surface area contributed by atoms with Gasteiger partial charge in [0.05, 0.1) is 21.8 Å². The Hall–Kier alpha value is -2.30. The van der Waals surface area contributed by atoms with Crippen molar-refractivity contribution in [1.29, 1.82) is 0 Å². The number of halogens is 1. The van der Waals surface area contributed by atoms with E-state index in [0.29, 0.717) is 19.4 Å². The highest BCUT2D eigenvalue weighted by Crippen LogP contribution is 2.25. The highest BCUT2D eigenvalue weighted by molar-refractivity contribution is 7.90. The van der Waals surface area contributed by atoms with Gasteiger partial charge in [-0.15, -0.1) is 0 Å². The molecule has 0 spiro atoms. The molecule has 2 aromatic carbocycles. The Kier molecular flexibility index (Phi) is 6.82. The van der Waals surface area contributed by atoms with E-state index < -0.39 is 31.6 Å². The second-order valence-corrected chi connectivity index (χ2v) is 11.7. The SMILES string of the molecule is C[C@@H](NC(=O)[C@@H]1CCCN(S(=O)(=O)c2ccc(F)cc2)C1)c1ccc(S(C)(=O)=O)cc1. The molecule has 1 amide bonds. The van der Waals surface area contributed by atoms with Gasteiger partial charge in [0.1, 0.15) is 5.82 Å². The molecule has 10 heteroatoms. The lowest BCUT2D eigenvalue weighted by Gasteiger charge is -2.32. The Balaban J connectivity index is 1.67.